The van der Waals surface area contributed by atoms with E-state index in [1.165, 1.54) is 36.6 Å². The number of ether oxygens (including phenoxy) is 1. The molecule has 1 aromatic carbocycles. The van der Waals surface area contributed by atoms with E-state index in [4.69, 9.17) is 9.84 Å². The number of carboxylic acids is 1. The highest BCUT2D eigenvalue weighted by Crippen LogP contribution is 2.23. The van der Waals surface area contributed by atoms with E-state index in [-0.39, 0.29) is 11.3 Å². The number of benzene rings is 1. The predicted octanol–water partition coefficient (Wildman–Crippen LogP) is 2.20. The van der Waals surface area contributed by atoms with E-state index >= 15 is 0 Å². The maximum atomic E-state index is 11.8. The Morgan fingerprint density at radius 1 is 1.29 bits per heavy atom. The Labute approximate surface area is 123 Å². The number of hydrogen-bond donors (Lipinski definition) is 3. The van der Waals surface area contributed by atoms with Crippen LogP contribution >= 0.6 is 11.3 Å². The number of aryl methyl sites for hydroxylation is 1. The molecule has 8 nitrogen and oxygen atoms in total. The molecule has 0 saturated heterocycles. The fraction of sp³-hybridized carbons (Fsp3) is 0.167. The number of nitrogens with zero attached hydrogens (tertiary/aromatic N) is 2. The van der Waals surface area contributed by atoms with Crippen molar-refractivity contribution in [2.75, 3.05) is 17.7 Å². The molecule has 0 spiro atoms. The van der Waals surface area contributed by atoms with Gasteiger partial charge in [0.1, 0.15) is 10.8 Å². The summed E-state index contributed by atoms with van der Waals surface area (Å²) in [7, 11) is 1.45. The Morgan fingerprint density at radius 2 is 2.05 bits per heavy atom. The zero-order chi connectivity index (χ0) is 15.4. The molecule has 3 N–H and O–H groups in total. The van der Waals surface area contributed by atoms with Crippen molar-refractivity contribution in [2.45, 2.75) is 6.92 Å². The van der Waals surface area contributed by atoms with Crippen LogP contribution in [0.5, 0.6) is 5.75 Å². The molecular formula is C12H12N4O4S. The molecule has 0 saturated carbocycles. The summed E-state index contributed by atoms with van der Waals surface area (Å²) in [5.74, 6) is -0.721. The summed E-state index contributed by atoms with van der Waals surface area (Å²) in [4.78, 5) is 23.0. The van der Waals surface area contributed by atoms with Crippen LogP contribution in [0.25, 0.3) is 0 Å². The molecule has 0 bridgehead atoms. The molecule has 0 aliphatic carbocycles. The van der Waals surface area contributed by atoms with Crippen LogP contribution in [0.4, 0.5) is 15.6 Å². The van der Waals surface area contributed by atoms with Gasteiger partial charge in [-0.1, -0.05) is 11.3 Å². The second-order valence-corrected chi connectivity index (χ2v) is 5.10. The van der Waals surface area contributed by atoms with Crippen LogP contribution < -0.4 is 15.4 Å². The Morgan fingerprint density at radius 3 is 2.62 bits per heavy atom. The van der Waals surface area contributed by atoms with Crippen molar-refractivity contribution in [3.05, 3.63) is 28.8 Å². The summed E-state index contributed by atoms with van der Waals surface area (Å²) in [6.07, 6.45) is 0. The molecule has 9 heteroatoms. The molecule has 2 aromatic rings. The summed E-state index contributed by atoms with van der Waals surface area (Å²) in [5, 5.41) is 22.6. The molecule has 0 atom stereocenters. The largest absolute Gasteiger partial charge is 0.497 e. The average Bonchev–Trinajstić information content (AvgIpc) is 2.83. The second-order valence-electron chi connectivity index (χ2n) is 3.92. The lowest BCUT2D eigenvalue weighted by atomic mass is 10.1. The van der Waals surface area contributed by atoms with Crippen LogP contribution in [-0.4, -0.2) is 34.4 Å². The van der Waals surface area contributed by atoms with E-state index in [1.807, 2.05) is 0 Å². The van der Waals surface area contributed by atoms with Gasteiger partial charge >= 0.3 is 12.0 Å². The SMILES string of the molecule is COc1ccc(C(=O)O)c(NC(=O)Nc2nnc(C)s2)c1. The van der Waals surface area contributed by atoms with Gasteiger partial charge in [0.05, 0.1) is 18.4 Å². The monoisotopic (exact) mass is 308 g/mol. The van der Waals surface area contributed by atoms with Gasteiger partial charge in [-0.15, -0.1) is 10.2 Å². The van der Waals surface area contributed by atoms with Crippen LogP contribution in [-0.2, 0) is 0 Å². The molecule has 0 aliphatic rings. The number of anilines is 2. The van der Waals surface area contributed by atoms with Gasteiger partial charge in [0.15, 0.2) is 0 Å². The van der Waals surface area contributed by atoms with Gasteiger partial charge in [0, 0.05) is 6.07 Å². The van der Waals surface area contributed by atoms with Gasteiger partial charge in [-0.25, -0.2) is 9.59 Å². The zero-order valence-corrected chi connectivity index (χ0v) is 12.0. The van der Waals surface area contributed by atoms with E-state index in [0.717, 1.165) is 0 Å². The smallest absolute Gasteiger partial charge is 0.337 e. The highest BCUT2D eigenvalue weighted by molar-refractivity contribution is 7.15. The fourth-order valence-corrected chi connectivity index (χ4v) is 2.12. The van der Waals surface area contributed by atoms with E-state index in [9.17, 15) is 9.59 Å². The van der Waals surface area contributed by atoms with Gasteiger partial charge in [0.2, 0.25) is 5.13 Å². The Balaban J connectivity index is 2.17. The second kappa shape index (κ2) is 6.18. The molecule has 110 valence electrons. The number of methoxy groups -OCH3 is 1. The molecule has 0 aliphatic heterocycles. The predicted molar refractivity (Wildman–Crippen MR) is 77.2 cm³/mol. The zero-order valence-electron chi connectivity index (χ0n) is 11.2. The first-order valence-corrected chi connectivity index (χ1v) is 6.60. The number of amides is 2. The first-order chi connectivity index (χ1) is 9.99. The lowest BCUT2D eigenvalue weighted by Gasteiger charge is -2.10. The molecule has 1 heterocycles. The van der Waals surface area contributed by atoms with Gasteiger partial charge < -0.3 is 15.2 Å². The van der Waals surface area contributed by atoms with Crippen LogP contribution in [0.3, 0.4) is 0 Å². The highest BCUT2D eigenvalue weighted by Gasteiger charge is 2.14. The number of aromatic carboxylic acids is 1. The summed E-state index contributed by atoms with van der Waals surface area (Å²) in [6.45, 7) is 1.76. The minimum Gasteiger partial charge on any atom is -0.497 e. The van der Waals surface area contributed by atoms with Gasteiger partial charge in [0.25, 0.3) is 0 Å². The summed E-state index contributed by atoms with van der Waals surface area (Å²) in [5.41, 5.74) is 0.0833. The summed E-state index contributed by atoms with van der Waals surface area (Å²) >= 11 is 1.21. The average molecular weight is 308 g/mol. The normalized spacial score (nSPS) is 10.0. The van der Waals surface area contributed by atoms with Gasteiger partial charge in [-0.05, 0) is 19.1 Å². The first-order valence-electron chi connectivity index (χ1n) is 5.79. The van der Waals surface area contributed by atoms with Crippen LogP contribution in [0, 0.1) is 6.92 Å². The third-order valence-electron chi connectivity index (χ3n) is 2.45. The van der Waals surface area contributed by atoms with Crippen LogP contribution in [0.2, 0.25) is 0 Å². The molecular weight excluding hydrogens is 296 g/mol. The van der Waals surface area contributed by atoms with Crippen molar-refractivity contribution < 1.29 is 19.4 Å². The minimum absolute atomic E-state index is 0.0422. The maximum Gasteiger partial charge on any atom is 0.337 e. The molecule has 2 rings (SSSR count). The summed E-state index contributed by atoms with van der Waals surface area (Å²) in [6, 6.07) is 3.67. The van der Waals surface area contributed by atoms with E-state index in [1.54, 1.807) is 6.92 Å². The van der Waals surface area contributed by atoms with Crippen molar-refractivity contribution in [3.63, 3.8) is 0 Å². The van der Waals surface area contributed by atoms with Gasteiger partial charge in [-0.3, -0.25) is 5.32 Å². The third kappa shape index (κ3) is 3.66. The highest BCUT2D eigenvalue weighted by atomic mass is 32.1. The number of carbonyl (C=O) groups is 2. The standard InChI is InChI=1S/C12H12N4O4S/c1-6-15-16-12(21-6)14-11(19)13-9-5-7(20-2)3-4-8(9)10(17)18/h3-5H,1-2H3,(H,17,18)(H2,13,14,16,19). The first kappa shape index (κ1) is 14.7. The van der Waals surface area contributed by atoms with E-state index in [2.05, 4.69) is 20.8 Å². The summed E-state index contributed by atoms with van der Waals surface area (Å²) < 4.78 is 5.01. The number of hydrogen-bond acceptors (Lipinski definition) is 6. The van der Waals surface area contributed by atoms with Crippen molar-refractivity contribution in [2.24, 2.45) is 0 Å². The van der Waals surface area contributed by atoms with Crippen molar-refractivity contribution in [1.82, 2.24) is 10.2 Å². The van der Waals surface area contributed by atoms with Crippen molar-refractivity contribution >= 4 is 34.2 Å². The third-order valence-corrected chi connectivity index (χ3v) is 3.21. The van der Waals surface area contributed by atoms with Crippen molar-refractivity contribution in [3.8, 4) is 5.75 Å². The molecule has 1 aromatic heterocycles. The number of carboxylic acid groups (broad SMARTS) is 1. The number of carbonyl (C=O) groups excluding carboxylic acids is 1. The van der Waals surface area contributed by atoms with Crippen molar-refractivity contribution in [1.29, 1.82) is 0 Å². The Hall–Kier alpha value is -2.68. The number of aromatic nitrogens is 2. The van der Waals surface area contributed by atoms with Gasteiger partial charge in [-0.2, -0.15) is 0 Å². The number of urea groups is 1. The number of rotatable bonds is 4. The van der Waals surface area contributed by atoms with Crippen LogP contribution in [0.15, 0.2) is 18.2 Å². The molecule has 21 heavy (non-hydrogen) atoms. The van der Waals surface area contributed by atoms with E-state index in [0.29, 0.717) is 15.9 Å². The molecule has 0 radical (unpaired) electrons. The van der Waals surface area contributed by atoms with Crippen LogP contribution in [0.1, 0.15) is 15.4 Å². The fourth-order valence-electron chi connectivity index (χ4n) is 1.54. The molecule has 0 fully saturated rings. The quantitative estimate of drug-likeness (QED) is 0.798. The topological polar surface area (TPSA) is 113 Å². The van der Waals surface area contributed by atoms with E-state index < -0.39 is 12.0 Å². The minimum atomic E-state index is -1.15. The Kier molecular flexibility index (Phi) is 4.33. The lowest BCUT2D eigenvalue weighted by molar-refractivity contribution is 0.0698. The molecule has 0 unspecified atom stereocenters. The lowest BCUT2D eigenvalue weighted by Crippen LogP contribution is -2.21. The number of nitrogens with one attached hydrogen (secondary N) is 2. The Bertz CT molecular complexity index is 686. The molecule has 2 amide bonds. The maximum absolute atomic E-state index is 11.8.